The highest BCUT2D eigenvalue weighted by atomic mass is 35.5. The number of nitrogens with one attached hydrogen (secondary N) is 1. The summed E-state index contributed by atoms with van der Waals surface area (Å²) in [5.74, 6) is -4.78. The molecule has 0 bridgehead atoms. The molecular weight excluding hydrogens is 430 g/mol. The predicted octanol–water partition coefficient (Wildman–Crippen LogP) is 2.00. The number of amides is 2. The van der Waals surface area contributed by atoms with E-state index >= 15 is 0 Å². The molecule has 0 saturated carbocycles. The van der Waals surface area contributed by atoms with E-state index < -0.39 is 36.0 Å². The molecule has 2 aromatic rings. The fourth-order valence-corrected chi connectivity index (χ4v) is 3.79. The summed E-state index contributed by atoms with van der Waals surface area (Å²) in [7, 11) is 0. The van der Waals surface area contributed by atoms with Crippen molar-refractivity contribution < 1.29 is 24.3 Å². The summed E-state index contributed by atoms with van der Waals surface area (Å²) in [6.45, 7) is -0.248. The van der Waals surface area contributed by atoms with E-state index in [1.807, 2.05) is 24.3 Å². The number of nitrogens with zero attached hydrogens (tertiary/aromatic N) is 2. The third kappa shape index (κ3) is 5.58. The zero-order chi connectivity index (χ0) is 21.7. The van der Waals surface area contributed by atoms with Crippen molar-refractivity contribution in [3.05, 3.63) is 53.2 Å². The zero-order valence-electron chi connectivity index (χ0n) is 15.7. The normalized spacial score (nSPS) is 16.4. The van der Waals surface area contributed by atoms with Gasteiger partial charge in [-0.2, -0.15) is 0 Å². The highest BCUT2D eigenvalue weighted by molar-refractivity contribution is 7.99. The Kier molecular flexibility index (Phi) is 7.07. The van der Waals surface area contributed by atoms with Crippen molar-refractivity contribution in [3.63, 3.8) is 0 Å². The Bertz CT molecular complexity index is 965. The van der Waals surface area contributed by atoms with E-state index in [9.17, 15) is 19.2 Å². The van der Waals surface area contributed by atoms with Gasteiger partial charge in [-0.15, -0.1) is 0 Å². The number of benzene rings is 1. The molecular formula is C20H18ClN3O5S. The molecule has 1 aromatic carbocycles. The molecule has 8 nitrogen and oxygen atoms in total. The van der Waals surface area contributed by atoms with E-state index in [1.54, 1.807) is 18.3 Å². The number of hydrogen-bond donors (Lipinski definition) is 2. The van der Waals surface area contributed by atoms with Crippen LogP contribution in [-0.2, 0) is 25.7 Å². The van der Waals surface area contributed by atoms with Crippen molar-refractivity contribution in [3.8, 4) is 0 Å². The van der Waals surface area contributed by atoms with E-state index in [2.05, 4.69) is 10.3 Å². The zero-order valence-corrected chi connectivity index (χ0v) is 17.3. The Morgan fingerprint density at radius 1 is 1.20 bits per heavy atom. The number of likely N-dealkylation sites (tertiary alicyclic amines) is 1. The van der Waals surface area contributed by atoms with Crippen LogP contribution in [0.5, 0.6) is 0 Å². The van der Waals surface area contributed by atoms with E-state index in [4.69, 9.17) is 16.7 Å². The Labute approximate surface area is 181 Å². The third-order valence-electron chi connectivity index (χ3n) is 4.39. The molecule has 2 heterocycles. The largest absolute Gasteiger partial charge is 0.480 e. The molecule has 156 valence electrons. The maximum atomic E-state index is 12.6. The molecule has 0 spiro atoms. The molecule has 30 heavy (non-hydrogen) atoms. The first-order valence-electron chi connectivity index (χ1n) is 9.03. The number of pyridine rings is 1. The summed E-state index contributed by atoms with van der Waals surface area (Å²) < 4.78 is 0. The number of carboxylic acid groups (broad SMARTS) is 1. The average Bonchev–Trinajstić information content (AvgIpc) is 2.72. The lowest BCUT2D eigenvalue weighted by atomic mass is 9.94. The number of hydrogen-bond acceptors (Lipinski definition) is 6. The van der Waals surface area contributed by atoms with E-state index in [1.165, 1.54) is 16.7 Å². The highest BCUT2D eigenvalue weighted by Crippen LogP contribution is 2.27. The molecule has 1 saturated heterocycles. The molecule has 1 fully saturated rings. The highest BCUT2D eigenvalue weighted by Gasteiger charge is 2.40. The van der Waals surface area contributed by atoms with Crippen molar-refractivity contribution >= 4 is 46.9 Å². The van der Waals surface area contributed by atoms with Crippen molar-refractivity contribution in [2.24, 2.45) is 5.92 Å². The van der Waals surface area contributed by atoms with Crippen molar-refractivity contribution in [1.29, 1.82) is 0 Å². The van der Waals surface area contributed by atoms with Gasteiger partial charge >= 0.3 is 5.97 Å². The van der Waals surface area contributed by atoms with Crippen LogP contribution in [0.4, 0.5) is 0 Å². The standard InChI is InChI=1S/C20H18ClN3O5S/c21-13-2-4-14(5-3-13)30-16-6-1-12(9-22-16)11-24-8-7-15(25)18(20(24)29)19(28)23-10-17(26)27/h1-6,9,18H,7-8,10-11H2,(H,23,28)(H,26,27). The monoisotopic (exact) mass is 447 g/mol. The maximum absolute atomic E-state index is 12.6. The molecule has 0 aliphatic carbocycles. The number of aliphatic carboxylic acids is 1. The number of halogens is 1. The number of carboxylic acids is 1. The molecule has 2 N–H and O–H groups in total. The van der Waals surface area contributed by atoms with Gasteiger partial charge < -0.3 is 15.3 Å². The summed E-state index contributed by atoms with van der Waals surface area (Å²) in [5, 5.41) is 12.2. The molecule has 1 aromatic heterocycles. The van der Waals surface area contributed by atoms with Crippen LogP contribution in [0.25, 0.3) is 0 Å². The van der Waals surface area contributed by atoms with Crippen LogP contribution in [0, 0.1) is 5.92 Å². The van der Waals surface area contributed by atoms with Gasteiger partial charge in [0.2, 0.25) is 11.8 Å². The van der Waals surface area contributed by atoms with Crippen LogP contribution in [0.3, 0.4) is 0 Å². The first-order chi connectivity index (χ1) is 14.3. The Hall–Kier alpha value is -2.91. The van der Waals surface area contributed by atoms with Gasteiger partial charge in [0.05, 0.1) is 0 Å². The minimum Gasteiger partial charge on any atom is -0.480 e. The Morgan fingerprint density at radius 3 is 2.57 bits per heavy atom. The van der Waals surface area contributed by atoms with Crippen LogP contribution < -0.4 is 5.32 Å². The molecule has 10 heteroatoms. The van der Waals surface area contributed by atoms with Gasteiger partial charge in [0.1, 0.15) is 11.6 Å². The summed E-state index contributed by atoms with van der Waals surface area (Å²) in [4.78, 5) is 54.2. The first-order valence-corrected chi connectivity index (χ1v) is 10.2. The Balaban J connectivity index is 1.62. The predicted molar refractivity (Wildman–Crippen MR) is 109 cm³/mol. The van der Waals surface area contributed by atoms with Gasteiger partial charge in [-0.25, -0.2) is 4.98 Å². The smallest absolute Gasteiger partial charge is 0.322 e. The minimum absolute atomic E-state index is 0.0365. The van der Waals surface area contributed by atoms with Crippen LogP contribution in [0.15, 0.2) is 52.5 Å². The van der Waals surface area contributed by atoms with E-state index in [0.29, 0.717) is 5.02 Å². The van der Waals surface area contributed by atoms with Gasteiger partial charge in [0.15, 0.2) is 11.7 Å². The fraction of sp³-hybridized carbons (Fsp3) is 0.250. The summed E-state index contributed by atoms with van der Waals surface area (Å²) in [5.41, 5.74) is 0.753. The quantitative estimate of drug-likeness (QED) is 0.623. The van der Waals surface area contributed by atoms with Gasteiger partial charge in [-0.3, -0.25) is 19.2 Å². The Morgan fingerprint density at radius 2 is 1.93 bits per heavy atom. The summed E-state index contributed by atoms with van der Waals surface area (Å²) in [6.07, 6.45) is 1.68. The van der Waals surface area contributed by atoms with Crippen LogP contribution in [0.1, 0.15) is 12.0 Å². The van der Waals surface area contributed by atoms with Crippen LogP contribution in [0.2, 0.25) is 5.02 Å². The lowest BCUT2D eigenvalue weighted by Crippen LogP contribution is -2.52. The number of rotatable bonds is 7. The van der Waals surface area contributed by atoms with Gasteiger partial charge in [0.25, 0.3) is 0 Å². The maximum Gasteiger partial charge on any atom is 0.322 e. The molecule has 1 aliphatic heterocycles. The number of carbonyl (C=O) groups is 4. The SMILES string of the molecule is O=C(O)CNC(=O)C1C(=O)CCN(Cc2ccc(Sc3ccc(Cl)cc3)nc2)C1=O. The topological polar surface area (TPSA) is 117 Å². The van der Waals surface area contributed by atoms with Crippen LogP contribution >= 0.6 is 23.4 Å². The average molecular weight is 448 g/mol. The minimum atomic E-state index is -1.51. The number of aromatic nitrogens is 1. The molecule has 0 radical (unpaired) electrons. The summed E-state index contributed by atoms with van der Waals surface area (Å²) in [6, 6.07) is 11.0. The molecule has 3 rings (SSSR count). The third-order valence-corrected chi connectivity index (χ3v) is 5.60. The number of Topliss-reactive ketones (excluding diaryl/α,β-unsaturated/α-hetero) is 1. The number of carbonyl (C=O) groups excluding carboxylic acids is 3. The van der Waals surface area contributed by atoms with Crippen molar-refractivity contribution in [2.45, 2.75) is 22.9 Å². The second kappa shape index (κ2) is 9.73. The van der Waals surface area contributed by atoms with E-state index in [0.717, 1.165) is 15.5 Å². The second-order valence-electron chi connectivity index (χ2n) is 6.58. The molecule has 2 amide bonds. The fourth-order valence-electron chi connectivity index (χ4n) is 2.91. The lowest BCUT2D eigenvalue weighted by Gasteiger charge is -2.30. The van der Waals surface area contributed by atoms with Crippen LogP contribution in [-0.4, -0.2) is 51.6 Å². The number of ketones is 1. The van der Waals surface area contributed by atoms with E-state index in [-0.39, 0.29) is 19.5 Å². The molecule has 1 unspecified atom stereocenters. The van der Waals surface area contributed by atoms with Gasteiger partial charge in [-0.1, -0.05) is 29.4 Å². The molecule has 1 atom stereocenters. The van der Waals surface area contributed by atoms with Gasteiger partial charge in [-0.05, 0) is 35.9 Å². The molecule has 1 aliphatic rings. The van der Waals surface area contributed by atoms with Gasteiger partial charge in [0, 0.05) is 35.6 Å². The summed E-state index contributed by atoms with van der Waals surface area (Å²) >= 11 is 7.35. The van der Waals surface area contributed by atoms with Crippen molar-refractivity contribution in [2.75, 3.05) is 13.1 Å². The lowest BCUT2D eigenvalue weighted by molar-refractivity contribution is -0.152. The first kappa shape index (κ1) is 21.8. The number of piperidine rings is 1. The second-order valence-corrected chi connectivity index (χ2v) is 8.11. The van der Waals surface area contributed by atoms with Crippen molar-refractivity contribution in [1.82, 2.24) is 15.2 Å².